The van der Waals surface area contributed by atoms with E-state index in [1.54, 1.807) is 0 Å². The minimum absolute atomic E-state index is 0.226. The van der Waals surface area contributed by atoms with Gasteiger partial charge in [0.15, 0.2) is 0 Å². The highest BCUT2D eigenvalue weighted by Gasteiger charge is 2.18. The van der Waals surface area contributed by atoms with Crippen LogP contribution >= 0.6 is 0 Å². The Hall–Kier alpha value is -1.91. The average molecular weight is 198 g/mol. The minimum atomic E-state index is -1.69. The van der Waals surface area contributed by atoms with E-state index >= 15 is 0 Å². The van der Waals surface area contributed by atoms with Crippen molar-refractivity contribution < 1.29 is 23.8 Å². The van der Waals surface area contributed by atoms with Gasteiger partial charge in [0.05, 0.1) is 12.7 Å². The fourth-order valence-corrected chi connectivity index (χ4v) is 0.922. The van der Waals surface area contributed by atoms with Gasteiger partial charge in [-0.1, -0.05) is 0 Å². The van der Waals surface area contributed by atoms with E-state index in [4.69, 9.17) is 9.84 Å². The van der Waals surface area contributed by atoms with Crippen molar-refractivity contribution in [1.82, 2.24) is 0 Å². The maximum absolute atomic E-state index is 13.1. The Bertz CT molecular complexity index is 386. The largest absolute Gasteiger partial charge is 0.497 e. The number of methoxy groups -OCH3 is 1. The molecule has 1 rings (SSSR count). The average Bonchev–Trinajstić information content (AvgIpc) is 2.16. The number of aliphatic carboxylic acids is 1. The van der Waals surface area contributed by atoms with Crippen LogP contribution in [-0.4, -0.2) is 24.0 Å². The molecule has 0 aromatic heterocycles. The molecule has 0 saturated carbocycles. The van der Waals surface area contributed by atoms with Gasteiger partial charge >= 0.3 is 5.97 Å². The van der Waals surface area contributed by atoms with Crippen LogP contribution in [0.4, 0.5) is 4.39 Å². The summed E-state index contributed by atoms with van der Waals surface area (Å²) >= 11 is 0. The number of carbonyl (C=O) groups excluding carboxylic acids is 1. The minimum Gasteiger partial charge on any atom is -0.497 e. The number of halogens is 1. The fraction of sp³-hybridized carbons (Fsp3) is 0.111. The van der Waals surface area contributed by atoms with E-state index in [-0.39, 0.29) is 5.75 Å². The third-order valence-corrected chi connectivity index (χ3v) is 1.62. The SMILES string of the molecule is COc1ccc(C(=O)C(=O)O)c(F)c1. The summed E-state index contributed by atoms with van der Waals surface area (Å²) < 4.78 is 17.8. The molecular formula is C9H7FO4. The van der Waals surface area contributed by atoms with Crippen LogP contribution < -0.4 is 4.74 Å². The molecule has 0 saturated heterocycles. The third-order valence-electron chi connectivity index (χ3n) is 1.62. The molecule has 0 atom stereocenters. The summed E-state index contributed by atoms with van der Waals surface area (Å²) in [6.45, 7) is 0. The molecule has 0 fully saturated rings. The van der Waals surface area contributed by atoms with Crippen molar-refractivity contribution in [2.45, 2.75) is 0 Å². The lowest BCUT2D eigenvalue weighted by Crippen LogP contribution is -2.14. The highest BCUT2D eigenvalue weighted by atomic mass is 19.1. The molecule has 4 nitrogen and oxygen atoms in total. The number of carboxylic acid groups (broad SMARTS) is 1. The number of hydrogen-bond acceptors (Lipinski definition) is 3. The smallest absolute Gasteiger partial charge is 0.377 e. The second-order valence-corrected chi connectivity index (χ2v) is 2.48. The molecule has 0 bridgehead atoms. The Morgan fingerprint density at radius 3 is 2.50 bits per heavy atom. The number of hydrogen-bond donors (Lipinski definition) is 1. The quantitative estimate of drug-likeness (QED) is 0.583. The monoisotopic (exact) mass is 198 g/mol. The second-order valence-electron chi connectivity index (χ2n) is 2.48. The van der Waals surface area contributed by atoms with Crippen molar-refractivity contribution in [2.24, 2.45) is 0 Å². The maximum Gasteiger partial charge on any atom is 0.377 e. The first-order valence-corrected chi connectivity index (χ1v) is 3.67. The molecule has 0 unspecified atom stereocenters. The predicted octanol–water partition coefficient (Wildman–Crippen LogP) is 1.10. The molecule has 1 aromatic carbocycles. The molecular weight excluding hydrogens is 191 g/mol. The molecule has 0 aliphatic heterocycles. The van der Waals surface area contributed by atoms with E-state index in [0.29, 0.717) is 0 Å². The van der Waals surface area contributed by atoms with Crippen LogP contribution in [0, 0.1) is 5.82 Å². The molecule has 0 amide bonds. The van der Waals surface area contributed by atoms with Gasteiger partial charge in [0.2, 0.25) is 0 Å². The van der Waals surface area contributed by atoms with Crippen LogP contribution in [0.2, 0.25) is 0 Å². The van der Waals surface area contributed by atoms with Gasteiger partial charge in [-0.25, -0.2) is 9.18 Å². The summed E-state index contributed by atoms with van der Waals surface area (Å²) in [6, 6.07) is 3.35. The van der Waals surface area contributed by atoms with Gasteiger partial charge in [0.1, 0.15) is 11.6 Å². The van der Waals surface area contributed by atoms with Gasteiger partial charge in [-0.3, -0.25) is 4.79 Å². The summed E-state index contributed by atoms with van der Waals surface area (Å²) in [5, 5.41) is 8.34. The molecule has 0 radical (unpaired) electrons. The Morgan fingerprint density at radius 2 is 2.07 bits per heavy atom. The van der Waals surface area contributed by atoms with Gasteiger partial charge in [-0.05, 0) is 12.1 Å². The first-order valence-electron chi connectivity index (χ1n) is 3.67. The molecule has 14 heavy (non-hydrogen) atoms. The number of rotatable bonds is 3. The zero-order chi connectivity index (χ0) is 10.7. The van der Waals surface area contributed by atoms with Crippen molar-refractivity contribution in [3.05, 3.63) is 29.6 Å². The van der Waals surface area contributed by atoms with Crippen molar-refractivity contribution in [1.29, 1.82) is 0 Å². The fourth-order valence-electron chi connectivity index (χ4n) is 0.922. The van der Waals surface area contributed by atoms with Crippen molar-refractivity contribution in [2.75, 3.05) is 7.11 Å². The van der Waals surface area contributed by atoms with Crippen molar-refractivity contribution in [3.63, 3.8) is 0 Å². The molecule has 0 spiro atoms. The van der Waals surface area contributed by atoms with Crippen molar-refractivity contribution in [3.8, 4) is 5.75 Å². The molecule has 0 aliphatic carbocycles. The lowest BCUT2D eigenvalue weighted by atomic mass is 10.1. The van der Waals surface area contributed by atoms with Gasteiger partial charge in [0, 0.05) is 6.07 Å². The summed E-state index contributed by atoms with van der Waals surface area (Å²) in [4.78, 5) is 21.1. The van der Waals surface area contributed by atoms with E-state index in [1.807, 2.05) is 0 Å². The Morgan fingerprint density at radius 1 is 1.43 bits per heavy atom. The number of carbonyl (C=O) groups is 2. The molecule has 0 aliphatic rings. The predicted molar refractivity (Wildman–Crippen MR) is 44.9 cm³/mol. The number of Topliss-reactive ketones (excluding diaryl/α,β-unsaturated/α-hetero) is 1. The Balaban J connectivity index is 3.12. The van der Waals surface area contributed by atoms with E-state index in [1.165, 1.54) is 13.2 Å². The maximum atomic E-state index is 13.1. The number of carboxylic acids is 1. The van der Waals surface area contributed by atoms with Crippen LogP contribution in [0.25, 0.3) is 0 Å². The molecule has 1 aromatic rings. The van der Waals surface area contributed by atoms with E-state index in [0.717, 1.165) is 12.1 Å². The Kier molecular flexibility index (Phi) is 2.81. The Labute approximate surface area is 78.9 Å². The molecule has 74 valence electrons. The first-order chi connectivity index (χ1) is 6.56. The van der Waals surface area contributed by atoms with Gasteiger partial charge in [-0.15, -0.1) is 0 Å². The number of ketones is 1. The number of ether oxygens (including phenoxy) is 1. The number of benzene rings is 1. The highest BCUT2D eigenvalue weighted by Crippen LogP contribution is 2.16. The molecule has 1 N–H and O–H groups in total. The van der Waals surface area contributed by atoms with Gasteiger partial charge in [-0.2, -0.15) is 0 Å². The van der Waals surface area contributed by atoms with Crippen LogP contribution in [0.15, 0.2) is 18.2 Å². The summed E-state index contributed by atoms with van der Waals surface area (Å²) in [5.41, 5.74) is -0.474. The van der Waals surface area contributed by atoms with Crippen LogP contribution in [-0.2, 0) is 4.79 Å². The van der Waals surface area contributed by atoms with Crippen LogP contribution in [0.3, 0.4) is 0 Å². The topological polar surface area (TPSA) is 63.6 Å². The normalized spacial score (nSPS) is 9.57. The molecule has 0 heterocycles. The first kappa shape index (κ1) is 10.2. The van der Waals surface area contributed by atoms with Crippen LogP contribution in [0.5, 0.6) is 5.75 Å². The third kappa shape index (κ3) is 1.87. The standard InChI is InChI=1S/C9H7FO4/c1-14-5-2-3-6(7(10)4-5)8(11)9(12)13/h2-4H,1H3,(H,12,13). The highest BCUT2D eigenvalue weighted by molar-refractivity contribution is 6.39. The van der Waals surface area contributed by atoms with Crippen LogP contribution in [0.1, 0.15) is 10.4 Å². The molecule has 5 heteroatoms. The summed E-state index contributed by atoms with van der Waals surface area (Å²) in [5.74, 6) is -3.64. The lowest BCUT2D eigenvalue weighted by Gasteiger charge is -2.01. The summed E-state index contributed by atoms with van der Waals surface area (Å²) in [6.07, 6.45) is 0. The van der Waals surface area contributed by atoms with E-state index < -0.39 is 23.1 Å². The van der Waals surface area contributed by atoms with E-state index in [9.17, 15) is 14.0 Å². The van der Waals surface area contributed by atoms with Gasteiger partial charge in [0.25, 0.3) is 5.78 Å². The zero-order valence-electron chi connectivity index (χ0n) is 7.28. The lowest BCUT2D eigenvalue weighted by molar-refractivity contribution is -0.131. The summed E-state index contributed by atoms with van der Waals surface area (Å²) in [7, 11) is 1.34. The van der Waals surface area contributed by atoms with Gasteiger partial charge < -0.3 is 9.84 Å². The van der Waals surface area contributed by atoms with E-state index in [2.05, 4.69) is 0 Å². The van der Waals surface area contributed by atoms with Crippen molar-refractivity contribution >= 4 is 11.8 Å². The second kappa shape index (κ2) is 3.87. The zero-order valence-corrected chi connectivity index (χ0v) is 7.28.